The number of benzene rings is 2. The Balaban J connectivity index is 1.84. The highest BCUT2D eigenvalue weighted by molar-refractivity contribution is 6.01. The number of alkyl halides is 2. The van der Waals surface area contributed by atoms with Crippen molar-refractivity contribution in [1.82, 2.24) is 9.55 Å². The van der Waals surface area contributed by atoms with E-state index in [1.54, 1.807) is 29.8 Å². The van der Waals surface area contributed by atoms with Crippen LogP contribution in [0.2, 0.25) is 0 Å². The van der Waals surface area contributed by atoms with Gasteiger partial charge in [0.1, 0.15) is 17.1 Å². The first-order valence-corrected chi connectivity index (χ1v) is 8.92. The minimum absolute atomic E-state index is 0.151. The van der Waals surface area contributed by atoms with Crippen molar-refractivity contribution in [1.29, 1.82) is 0 Å². The first-order valence-electron chi connectivity index (χ1n) is 8.92. The third-order valence-electron chi connectivity index (χ3n) is 4.98. The van der Waals surface area contributed by atoms with Gasteiger partial charge in [-0.1, -0.05) is 18.2 Å². The smallest absolute Gasteiger partial charge is 0.483 e. The minimum atomic E-state index is -4.06. The average molecular weight is 403 g/mol. The van der Waals surface area contributed by atoms with E-state index in [2.05, 4.69) is 9.72 Å². The van der Waals surface area contributed by atoms with Crippen molar-refractivity contribution in [3.05, 3.63) is 47.8 Å². The maximum Gasteiger partial charge on any atom is 0.483 e. The van der Waals surface area contributed by atoms with Crippen molar-refractivity contribution in [3.63, 3.8) is 0 Å². The molecule has 7 nitrogen and oxygen atoms in total. The molecule has 4 rings (SSSR count). The van der Waals surface area contributed by atoms with Gasteiger partial charge in [0.2, 0.25) is 0 Å². The number of halogens is 2. The van der Waals surface area contributed by atoms with Crippen LogP contribution in [-0.2, 0) is 18.4 Å². The summed E-state index contributed by atoms with van der Waals surface area (Å²) in [4.78, 5) is 17.9. The summed E-state index contributed by atoms with van der Waals surface area (Å²) in [6.45, 7) is 1.23. The number of carbonyl (C=O) groups excluding carboxylic acids is 1. The molecule has 29 heavy (non-hydrogen) atoms. The summed E-state index contributed by atoms with van der Waals surface area (Å²) in [6, 6.07) is 9.92. The summed E-state index contributed by atoms with van der Waals surface area (Å²) >= 11 is 0. The molecule has 2 aromatic carbocycles. The Labute approximate surface area is 165 Å². The number of aliphatic hydroxyl groups is 1. The molecule has 152 valence electrons. The third kappa shape index (κ3) is 2.98. The Kier molecular flexibility index (Phi) is 4.42. The van der Waals surface area contributed by atoms with Crippen LogP contribution in [0.1, 0.15) is 24.4 Å². The van der Waals surface area contributed by atoms with Crippen LogP contribution in [0.25, 0.3) is 11.0 Å². The van der Waals surface area contributed by atoms with Crippen LogP contribution in [0.4, 0.5) is 14.5 Å². The summed E-state index contributed by atoms with van der Waals surface area (Å²) in [6.07, 6.45) is -5.10. The van der Waals surface area contributed by atoms with Crippen molar-refractivity contribution in [2.75, 3.05) is 12.0 Å². The molecule has 1 aliphatic heterocycles. The lowest BCUT2D eigenvalue weighted by molar-refractivity contribution is -0.193. The van der Waals surface area contributed by atoms with Gasteiger partial charge in [0.25, 0.3) is 0 Å². The zero-order valence-electron chi connectivity index (χ0n) is 16.0. The highest BCUT2D eigenvalue weighted by Gasteiger charge is 2.51. The number of nitrogens with zero attached hydrogens (tertiary/aromatic N) is 3. The Bertz CT molecular complexity index is 1110. The predicted octanol–water partition coefficient (Wildman–Crippen LogP) is 3.15. The maximum atomic E-state index is 14.4. The number of anilines is 1. The summed E-state index contributed by atoms with van der Waals surface area (Å²) < 4.78 is 40.4. The number of aromatic nitrogens is 2. The zero-order chi connectivity index (χ0) is 20.9. The number of hydrogen-bond acceptors (Lipinski definition) is 5. The standard InChI is InChI=1S/C20H19F2N3O4/c1-11(26)12-6-4-8-14-18(12)29-20(21,22)19(27)25(14)10-16-23-17-13(24(16)2)7-5-9-15(17)28-3/h4-9,11,26H,10H2,1-3H3/t11-/m0/s1. The molecule has 1 N–H and O–H groups in total. The van der Waals surface area contributed by atoms with E-state index in [0.717, 1.165) is 10.4 Å². The minimum Gasteiger partial charge on any atom is -0.494 e. The van der Waals surface area contributed by atoms with Crippen LogP contribution in [0.5, 0.6) is 11.5 Å². The van der Waals surface area contributed by atoms with Gasteiger partial charge >= 0.3 is 12.0 Å². The van der Waals surface area contributed by atoms with E-state index in [-0.39, 0.29) is 23.5 Å². The summed E-state index contributed by atoms with van der Waals surface area (Å²) in [7, 11) is 3.25. The number of aliphatic hydroxyl groups excluding tert-OH is 1. The van der Waals surface area contributed by atoms with Gasteiger partial charge in [-0.05, 0) is 25.1 Å². The molecule has 2 heterocycles. The topological polar surface area (TPSA) is 76.8 Å². The first-order chi connectivity index (χ1) is 13.7. The second-order valence-electron chi connectivity index (χ2n) is 6.80. The molecule has 0 saturated carbocycles. The monoisotopic (exact) mass is 403 g/mol. The molecule has 0 bridgehead atoms. The van der Waals surface area contributed by atoms with Gasteiger partial charge in [-0.3, -0.25) is 9.69 Å². The van der Waals surface area contributed by atoms with E-state index in [1.807, 2.05) is 6.07 Å². The number of imidazole rings is 1. The summed E-state index contributed by atoms with van der Waals surface area (Å²) in [5.74, 6) is -0.779. The Morgan fingerprint density at radius 3 is 2.69 bits per heavy atom. The fourth-order valence-corrected chi connectivity index (χ4v) is 3.47. The second-order valence-corrected chi connectivity index (χ2v) is 6.80. The number of para-hydroxylation sites is 2. The van der Waals surface area contributed by atoms with Crippen LogP contribution in [0.15, 0.2) is 36.4 Å². The lowest BCUT2D eigenvalue weighted by Crippen LogP contribution is -2.51. The Hall–Kier alpha value is -3.20. The number of rotatable bonds is 4. The van der Waals surface area contributed by atoms with Crippen LogP contribution in [0.3, 0.4) is 0 Å². The number of fused-ring (bicyclic) bond motifs is 2. The second kappa shape index (κ2) is 6.70. The normalized spacial score (nSPS) is 16.5. The average Bonchev–Trinajstić information content (AvgIpc) is 3.00. The van der Waals surface area contributed by atoms with Crippen LogP contribution in [-0.4, -0.2) is 33.8 Å². The predicted molar refractivity (Wildman–Crippen MR) is 101 cm³/mol. The molecule has 0 spiro atoms. The van der Waals surface area contributed by atoms with Crippen molar-refractivity contribution < 1.29 is 28.2 Å². The van der Waals surface area contributed by atoms with Crippen molar-refractivity contribution in [3.8, 4) is 11.5 Å². The van der Waals surface area contributed by atoms with Gasteiger partial charge in [-0.15, -0.1) is 0 Å². The zero-order valence-corrected chi connectivity index (χ0v) is 16.0. The Morgan fingerprint density at radius 1 is 1.28 bits per heavy atom. The molecule has 1 amide bonds. The van der Waals surface area contributed by atoms with E-state index in [1.165, 1.54) is 26.2 Å². The molecule has 1 aliphatic rings. The van der Waals surface area contributed by atoms with Gasteiger partial charge in [-0.2, -0.15) is 8.78 Å². The van der Waals surface area contributed by atoms with Crippen molar-refractivity contribution >= 4 is 22.6 Å². The highest BCUT2D eigenvalue weighted by atomic mass is 19.3. The van der Waals surface area contributed by atoms with Gasteiger partial charge < -0.3 is 19.1 Å². The van der Waals surface area contributed by atoms with Crippen molar-refractivity contribution in [2.24, 2.45) is 7.05 Å². The van der Waals surface area contributed by atoms with Crippen LogP contribution >= 0.6 is 0 Å². The van der Waals surface area contributed by atoms with E-state index >= 15 is 0 Å². The molecule has 0 unspecified atom stereocenters. The third-order valence-corrected chi connectivity index (χ3v) is 4.98. The fraction of sp³-hybridized carbons (Fsp3) is 0.300. The van der Waals surface area contributed by atoms with Gasteiger partial charge in [-0.25, -0.2) is 4.98 Å². The molecular formula is C20H19F2N3O4. The number of carbonyl (C=O) groups is 1. The molecule has 3 aromatic rings. The number of aryl methyl sites for hydroxylation is 1. The van der Waals surface area contributed by atoms with E-state index in [0.29, 0.717) is 17.1 Å². The summed E-state index contributed by atoms with van der Waals surface area (Å²) in [5.41, 5.74) is 1.63. The molecule has 0 saturated heterocycles. The van der Waals surface area contributed by atoms with Crippen molar-refractivity contribution in [2.45, 2.75) is 25.7 Å². The lowest BCUT2D eigenvalue weighted by Gasteiger charge is -2.34. The van der Waals surface area contributed by atoms with E-state index in [4.69, 9.17) is 4.74 Å². The molecule has 0 aliphatic carbocycles. The summed E-state index contributed by atoms with van der Waals surface area (Å²) in [5, 5.41) is 9.93. The number of hydrogen-bond donors (Lipinski definition) is 1. The van der Waals surface area contributed by atoms with Gasteiger partial charge in [0, 0.05) is 12.6 Å². The van der Waals surface area contributed by atoms with E-state index in [9.17, 15) is 18.7 Å². The molecule has 1 aromatic heterocycles. The maximum absolute atomic E-state index is 14.4. The van der Waals surface area contributed by atoms with Crippen LogP contribution < -0.4 is 14.4 Å². The molecule has 9 heteroatoms. The Morgan fingerprint density at radius 2 is 2.00 bits per heavy atom. The largest absolute Gasteiger partial charge is 0.494 e. The number of amides is 1. The van der Waals surface area contributed by atoms with Crippen LogP contribution in [0, 0.1) is 0 Å². The first kappa shape index (κ1) is 19.1. The number of methoxy groups -OCH3 is 1. The molecular weight excluding hydrogens is 384 g/mol. The van der Waals surface area contributed by atoms with Gasteiger partial charge in [0.05, 0.1) is 31.0 Å². The SMILES string of the molecule is COc1cccc2c1nc(CN1C(=O)C(F)(F)Oc3c([C@H](C)O)cccc31)n2C. The quantitative estimate of drug-likeness (QED) is 0.724. The highest BCUT2D eigenvalue weighted by Crippen LogP contribution is 2.44. The molecule has 1 atom stereocenters. The molecule has 0 fully saturated rings. The van der Waals surface area contributed by atoms with Gasteiger partial charge in [0.15, 0.2) is 5.75 Å². The lowest BCUT2D eigenvalue weighted by atomic mass is 10.1. The fourth-order valence-electron chi connectivity index (χ4n) is 3.47. The number of ether oxygens (including phenoxy) is 2. The molecule has 0 radical (unpaired) electrons. The van der Waals surface area contributed by atoms with E-state index < -0.39 is 18.1 Å².